The third-order valence-electron chi connectivity index (χ3n) is 5.12. The van der Waals surface area contributed by atoms with Crippen LogP contribution in [0.15, 0.2) is 15.5 Å². The van der Waals surface area contributed by atoms with Crippen LogP contribution in [0.1, 0.15) is 56.2 Å². The van der Waals surface area contributed by atoms with E-state index in [-0.39, 0.29) is 53.6 Å². The van der Waals surface area contributed by atoms with Crippen molar-refractivity contribution >= 4 is 23.0 Å². The van der Waals surface area contributed by atoms with Crippen molar-refractivity contribution in [2.45, 2.75) is 65.6 Å². The Balaban J connectivity index is 1.97. The summed E-state index contributed by atoms with van der Waals surface area (Å²) in [5.41, 5.74) is -0.333. The Labute approximate surface area is 157 Å². The first-order chi connectivity index (χ1) is 12.8. The molecule has 1 saturated heterocycles. The van der Waals surface area contributed by atoms with E-state index in [1.54, 1.807) is 13.8 Å². The van der Waals surface area contributed by atoms with Crippen LogP contribution in [0.4, 0.5) is 0 Å². The van der Waals surface area contributed by atoms with Crippen LogP contribution in [0.5, 0.6) is 0 Å². The van der Waals surface area contributed by atoms with Crippen molar-refractivity contribution in [3.8, 4) is 0 Å². The van der Waals surface area contributed by atoms with Crippen LogP contribution in [-0.2, 0) is 16.1 Å². The summed E-state index contributed by atoms with van der Waals surface area (Å²) in [6, 6.07) is 0.278. The Kier molecular flexibility index (Phi) is 5.34. The van der Waals surface area contributed by atoms with Crippen LogP contribution in [0.3, 0.4) is 0 Å². The molecule has 0 unspecified atom stereocenters. The quantitative estimate of drug-likeness (QED) is 0.761. The molecule has 0 aliphatic carbocycles. The monoisotopic (exact) mass is 375 g/mol. The summed E-state index contributed by atoms with van der Waals surface area (Å²) in [5, 5.41) is 0.0565. The Morgan fingerprint density at radius 1 is 1.30 bits per heavy atom. The third kappa shape index (κ3) is 3.48. The van der Waals surface area contributed by atoms with E-state index in [0.29, 0.717) is 0 Å². The fourth-order valence-corrected chi connectivity index (χ4v) is 3.84. The highest BCUT2D eigenvalue weighted by atomic mass is 16.5. The second kappa shape index (κ2) is 7.54. The van der Waals surface area contributed by atoms with Crippen LogP contribution < -0.4 is 5.56 Å². The minimum atomic E-state index is -0.630. The van der Waals surface area contributed by atoms with Gasteiger partial charge in [-0.05, 0) is 47.0 Å². The van der Waals surface area contributed by atoms with Gasteiger partial charge in [0.15, 0.2) is 0 Å². The van der Waals surface area contributed by atoms with Gasteiger partial charge in [0.05, 0.1) is 6.61 Å². The number of rotatable bonds is 4. The summed E-state index contributed by atoms with van der Waals surface area (Å²) in [7, 11) is 0. The molecule has 0 saturated carbocycles. The van der Waals surface area contributed by atoms with Gasteiger partial charge < -0.3 is 14.1 Å². The summed E-state index contributed by atoms with van der Waals surface area (Å²) >= 11 is 0. The van der Waals surface area contributed by atoms with E-state index in [4.69, 9.17) is 9.15 Å². The molecule has 8 heteroatoms. The lowest BCUT2D eigenvalue weighted by atomic mass is 9.97. The Bertz CT molecular complexity index is 919. The molecular formula is C19H25N3O5. The number of carbonyl (C=O) groups excluding carboxylic acids is 2. The number of carbonyl (C=O) groups is 2. The molecule has 1 aliphatic heterocycles. The van der Waals surface area contributed by atoms with E-state index in [1.807, 2.05) is 18.7 Å². The lowest BCUT2D eigenvalue weighted by Gasteiger charge is -2.39. The molecule has 0 N–H and O–H groups in total. The molecule has 146 valence electrons. The average Bonchev–Trinajstić information content (AvgIpc) is 2.94. The molecule has 8 nitrogen and oxygen atoms in total. The fourth-order valence-electron chi connectivity index (χ4n) is 3.84. The van der Waals surface area contributed by atoms with Gasteiger partial charge in [-0.2, -0.15) is 0 Å². The predicted molar refractivity (Wildman–Crippen MR) is 98.6 cm³/mol. The zero-order valence-corrected chi connectivity index (χ0v) is 16.2. The number of ether oxygens (including phenoxy) is 1. The highest BCUT2D eigenvalue weighted by Crippen LogP contribution is 2.24. The van der Waals surface area contributed by atoms with Gasteiger partial charge in [-0.25, -0.2) is 9.78 Å². The molecule has 0 bridgehead atoms. The highest BCUT2D eigenvalue weighted by molar-refractivity contribution is 6.03. The molecule has 2 aromatic heterocycles. The molecule has 2 atom stereocenters. The number of amides is 1. The summed E-state index contributed by atoms with van der Waals surface area (Å²) in [6.07, 6.45) is 4.29. The van der Waals surface area contributed by atoms with Gasteiger partial charge >= 0.3 is 5.97 Å². The van der Waals surface area contributed by atoms with Gasteiger partial charge in [0.25, 0.3) is 5.56 Å². The lowest BCUT2D eigenvalue weighted by Crippen LogP contribution is -2.49. The van der Waals surface area contributed by atoms with Crippen molar-refractivity contribution in [3.63, 3.8) is 0 Å². The molecule has 27 heavy (non-hydrogen) atoms. The van der Waals surface area contributed by atoms with Crippen molar-refractivity contribution in [3.05, 3.63) is 28.0 Å². The number of nitrogens with zero attached hydrogens (tertiary/aromatic N) is 3. The van der Waals surface area contributed by atoms with Crippen LogP contribution in [0, 0.1) is 6.92 Å². The van der Waals surface area contributed by atoms with Crippen LogP contribution >= 0.6 is 0 Å². The average molecular weight is 375 g/mol. The molecule has 0 aromatic carbocycles. The summed E-state index contributed by atoms with van der Waals surface area (Å²) < 4.78 is 11.7. The standard InChI is InChI=1S/C19H25N3O5/c1-5-26-19(25)15-13(4)27-17-16(15)18(24)21(10-20-17)9-14(23)22-11(2)7-6-8-12(22)3/h10-12H,5-9H2,1-4H3/t11-,12+. The number of fused-ring (bicyclic) bond motifs is 1. The molecule has 3 rings (SSSR count). The maximum absolute atomic E-state index is 12.9. The van der Waals surface area contributed by atoms with E-state index in [1.165, 1.54) is 10.9 Å². The van der Waals surface area contributed by atoms with Crippen molar-refractivity contribution in [2.24, 2.45) is 0 Å². The van der Waals surface area contributed by atoms with E-state index in [9.17, 15) is 14.4 Å². The number of aryl methyl sites for hydroxylation is 1. The van der Waals surface area contributed by atoms with Gasteiger partial charge in [0.1, 0.15) is 29.6 Å². The first-order valence-electron chi connectivity index (χ1n) is 9.32. The largest absolute Gasteiger partial charge is 0.462 e. The van der Waals surface area contributed by atoms with Crippen LogP contribution in [-0.4, -0.2) is 45.0 Å². The molecular weight excluding hydrogens is 350 g/mol. The Morgan fingerprint density at radius 3 is 2.59 bits per heavy atom. The second-order valence-electron chi connectivity index (χ2n) is 7.04. The SMILES string of the molecule is CCOC(=O)c1c(C)oc2ncn(CC(=O)N3[C@H](C)CCC[C@@H]3C)c(=O)c12. The zero-order valence-electron chi connectivity index (χ0n) is 16.2. The summed E-state index contributed by atoms with van der Waals surface area (Å²) in [4.78, 5) is 44.0. The zero-order chi connectivity index (χ0) is 19.7. The van der Waals surface area contributed by atoms with Gasteiger partial charge in [-0.15, -0.1) is 0 Å². The van der Waals surface area contributed by atoms with Crippen LogP contribution in [0.25, 0.3) is 11.1 Å². The topological polar surface area (TPSA) is 94.6 Å². The predicted octanol–water partition coefficient (Wildman–Crippen LogP) is 2.26. The molecule has 3 heterocycles. The van der Waals surface area contributed by atoms with E-state index in [0.717, 1.165) is 19.3 Å². The summed E-state index contributed by atoms with van der Waals surface area (Å²) in [6.45, 7) is 7.38. The van der Waals surface area contributed by atoms with Gasteiger partial charge in [0, 0.05) is 12.1 Å². The molecule has 0 radical (unpaired) electrons. The molecule has 1 fully saturated rings. The smallest absolute Gasteiger partial charge is 0.342 e. The highest BCUT2D eigenvalue weighted by Gasteiger charge is 2.30. The third-order valence-corrected chi connectivity index (χ3v) is 5.12. The minimum absolute atomic E-state index is 0.0565. The Hall–Kier alpha value is -2.64. The number of likely N-dealkylation sites (tertiary alicyclic amines) is 1. The normalized spacial score (nSPS) is 20.1. The molecule has 2 aromatic rings. The first kappa shape index (κ1) is 19.1. The molecule has 0 spiro atoms. The molecule has 1 amide bonds. The lowest BCUT2D eigenvalue weighted by molar-refractivity contribution is -0.138. The van der Waals surface area contributed by atoms with Gasteiger partial charge in [0.2, 0.25) is 11.6 Å². The van der Waals surface area contributed by atoms with Crippen LogP contribution in [0.2, 0.25) is 0 Å². The maximum Gasteiger partial charge on any atom is 0.342 e. The van der Waals surface area contributed by atoms with E-state index < -0.39 is 11.5 Å². The second-order valence-corrected chi connectivity index (χ2v) is 7.04. The summed E-state index contributed by atoms with van der Waals surface area (Å²) in [5.74, 6) is -0.485. The number of aromatic nitrogens is 2. The number of esters is 1. The van der Waals surface area contributed by atoms with Gasteiger partial charge in [-0.3, -0.25) is 14.2 Å². The van der Waals surface area contributed by atoms with E-state index >= 15 is 0 Å². The fraction of sp³-hybridized carbons (Fsp3) is 0.579. The first-order valence-corrected chi connectivity index (χ1v) is 9.32. The van der Waals surface area contributed by atoms with Crippen molar-refractivity contribution < 1.29 is 18.7 Å². The maximum atomic E-state index is 12.9. The van der Waals surface area contributed by atoms with Crippen molar-refractivity contribution in [1.82, 2.24) is 14.5 Å². The number of piperidine rings is 1. The van der Waals surface area contributed by atoms with E-state index in [2.05, 4.69) is 4.98 Å². The number of furan rings is 1. The number of hydrogen-bond acceptors (Lipinski definition) is 6. The Morgan fingerprint density at radius 2 is 1.96 bits per heavy atom. The molecule has 1 aliphatic rings. The number of hydrogen-bond donors (Lipinski definition) is 0. The minimum Gasteiger partial charge on any atom is -0.462 e. The van der Waals surface area contributed by atoms with Gasteiger partial charge in [-0.1, -0.05) is 0 Å². The van der Waals surface area contributed by atoms with Crippen molar-refractivity contribution in [1.29, 1.82) is 0 Å². The van der Waals surface area contributed by atoms with Crippen molar-refractivity contribution in [2.75, 3.05) is 6.61 Å².